The van der Waals surface area contributed by atoms with Gasteiger partial charge in [0.25, 0.3) is 0 Å². The first kappa shape index (κ1) is 10.3. The molecule has 0 N–H and O–H groups in total. The van der Waals surface area contributed by atoms with Crippen LogP contribution in [0.5, 0.6) is 0 Å². The normalized spacial score (nSPS) is 10.3. The molecular formula is C10H7Cl2N3. The largest absolute Gasteiger partial charge is 0.265 e. The lowest BCUT2D eigenvalue weighted by Crippen LogP contribution is -1.94. The molecule has 0 aliphatic heterocycles. The molecule has 2 heterocycles. The van der Waals surface area contributed by atoms with E-state index in [2.05, 4.69) is 15.2 Å². The van der Waals surface area contributed by atoms with E-state index >= 15 is 0 Å². The Hall–Kier alpha value is -1.19. The Balaban J connectivity index is 2.28. The van der Waals surface area contributed by atoms with Crippen molar-refractivity contribution in [1.29, 1.82) is 0 Å². The molecule has 0 aliphatic rings. The fraction of sp³-hybridized carbons (Fsp3) is 0.100. The fourth-order valence-corrected chi connectivity index (χ4v) is 1.56. The second-order valence-electron chi connectivity index (χ2n) is 3.02. The molecule has 0 radical (unpaired) electrons. The minimum Gasteiger partial charge on any atom is -0.265 e. The van der Waals surface area contributed by atoms with Gasteiger partial charge in [-0.25, -0.2) is 0 Å². The van der Waals surface area contributed by atoms with E-state index in [4.69, 9.17) is 23.2 Å². The molecular weight excluding hydrogens is 233 g/mol. The zero-order valence-electron chi connectivity index (χ0n) is 7.69. The van der Waals surface area contributed by atoms with Gasteiger partial charge in [-0.3, -0.25) is 4.98 Å². The molecule has 0 unspecified atom stereocenters. The first-order valence-corrected chi connectivity index (χ1v) is 5.08. The van der Waals surface area contributed by atoms with E-state index in [9.17, 15) is 0 Å². The number of halogens is 2. The lowest BCUT2D eigenvalue weighted by atomic mass is 10.1. The predicted molar refractivity (Wildman–Crippen MR) is 59.1 cm³/mol. The smallest absolute Gasteiger partial charge is 0.155 e. The van der Waals surface area contributed by atoms with Gasteiger partial charge in [-0.2, -0.15) is 0 Å². The van der Waals surface area contributed by atoms with Gasteiger partial charge in [0.1, 0.15) is 0 Å². The molecule has 0 bridgehead atoms. The summed E-state index contributed by atoms with van der Waals surface area (Å²) in [7, 11) is 0. The Morgan fingerprint density at radius 2 is 1.80 bits per heavy atom. The molecule has 0 saturated carbocycles. The molecule has 2 aromatic rings. The molecule has 0 aliphatic carbocycles. The summed E-state index contributed by atoms with van der Waals surface area (Å²) >= 11 is 11.6. The fourth-order valence-electron chi connectivity index (χ4n) is 1.23. The third kappa shape index (κ3) is 2.64. The van der Waals surface area contributed by atoms with E-state index in [1.54, 1.807) is 18.5 Å². The van der Waals surface area contributed by atoms with Crippen molar-refractivity contribution in [3.63, 3.8) is 0 Å². The predicted octanol–water partition coefficient (Wildman–Crippen LogP) is 2.77. The number of hydrogen-bond acceptors (Lipinski definition) is 3. The van der Waals surface area contributed by atoms with Crippen LogP contribution < -0.4 is 0 Å². The van der Waals surface area contributed by atoms with Crippen molar-refractivity contribution in [2.75, 3.05) is 0 Å². The molecule has 0 fully saturated rings. The maximum Gasteiger partial charge on any atom is 0.155 e. The Morgan fingerprint density at radius 3 is 2.53 bits per heavy atom. The van der Waals surface area contributed by atoms with Gasteiger partial charge in [0.2, 0.25) is 0 Å². The van der Waals surface area contributed by atoms with Crippen molar-refractivity contribution in [2.45, 2.75) is 6.42 Å². The van der Waals surface area contributed by atoms with Crippen LogP contribution in [0.4, 0.5) is 0 Å². The second kappa shape index (κ2) is 4.55. The van der Waals surface area contributed by atoms with Crippen molar-refractivity contribution in [3.05, 3.63) is 52.0 Å². The van der Waals surface area contributed by atoms with Crippen molar-refractivity contribution in [2.24, 2.45) is 0 Å². The Bertz CT molecular complexity index is 459. The van der Waals surface area contributed by atoms with Crippen LogP contribution in [-0.2, 0) is 6.42 Å². The molecule has 0 amide bonds. The average Bonchev–Trinajstić information content (AvgIpc) is 2.25. The van der Waals surface area contributed by atoms with Crippen molar-refractivity contribution in [3.8, 4) is 0 Å². The summed E-state index contributed by atoms with van der Waals surface area (Å²) < 4.78 is 0. The first-order valence-electron chi connectivity index (χ1n) is 4.32. The van der Waals surface area contributed by atoms with Gasteiger partial charge < -0.3 is 0 Å². The summed E-state index contributed by atoms with van der Waals surface area (Å²) in [5, 5.41) is 8.13. The van der Waals surface area contributed by atoms with Crippen LogP contribution in [-0.4, -0.2) is 15.2 Å². The van der Waals surface area contributed by atoms with E-state index in [1.807, 2.05) is 12.1 Å². The van der Waals surface area contributed by atoms with Gasteiger partial charge in [0.05, 0.1) is 0 Å². The first-order chi connectivity index (χ1) is 7.25. The summed E-state index contributed by atoms with van der Waals surface area (Å²) in [6, 6.07) is 5.56. The molecule has 0 saturated heterocycles. The highest BCUT2D eigenvalue weighted by Gasteiger charge is 2.04. The van der Waals surface area contributed by atoms with Crippen LogP contribution in [0.1, 0.15) is 11.1 Å². The maximum absolute atomic E-state index is 5.90. The number of aromatic nitrogens is 3. The SMILES string of the molecule is Clc1cc(Cc2ccncc2)c(Cl)nn1. The van der Waals surface area contributed by atoms with Gasteiger partial charge in [-0.15, -0.1) is 10.2 Å². The van der Waals surface area contributed by atoms with E-state index < -0.39 is 0 Å². The Kier molecular flexibility index (Phi) is 3.14. The quantitative estimate of drug-likeness (QED) is 0.810. The van der Waals surface area contributed by atoms with E-state index in [-0.39, 0.29) is 0 Å². The third-order valence-electron chi connectivity index (χ3n) is 1.94. The van der Waals surface area contributed by atoms with Gasteiger partial charge >= 0.3 is 0 Å². The summed E-state index contributed by atoms with van der Waals surface area (Å²) in [6.07, 6.45) is 4.15. The summed E-state index contributed by atoms with van der Waals surface area (Å²) in [6.45, 7) is 0. The summed E-state index contributed by atoms with van der Waals surface area (Å²) in [5.74, 6) is 0. The monoisotopic (exact) mass is 239 g/mol. The minimum atomic E-state index is 0.350. The van der Waals surface area contributed by atoms with E-state index in [1.165, 1.54) is 0 Å². The molecule has 2 rings (SSSR count). The van der Waals surface area contributed by atoms with E-state index in [0.717, 1.165) is 11.1 Å². The lowest BCUT2D eigenvalue weighted by molar-refractivity contribution is 0.994. The third-order valence-corrected chi connectivity index (χ3v) is 2.44. The summed E-state index contributed by atoms with van der Waals surface area (Å²) in [4.78, 5) is 3.94. The number of pyridine rings is 1. The topological polar surface area (TPSA) is 38.7 Å². The molecule has 0 atom stereocenters. The molecule has 76 valence electrons. The van der Waals surface area contributed by atoms with Gasteiger partial charge in [0, 0.05) is 18.8 Å². The van der Waals surface area contributed by atoms with Crippen molar-refractivity contribution in [1.82, 2.24) is 15.2 Å². The average molecular weight is 240 g/mol. The van der Waals surface area contributed by atoms with Gasteiger partial charge in [0.15, 0.2) is 10.3 Å². The number of rotatable bonds is 2. The number of hydrogen-bond donors (Lipinski definition) is 0. The summed E-state index contributed by atoms with van der Waals surface area (Å²) in [5.41, 5.74) is 1.97. The molecule has 2 aromatic heterocycles. The number of nitrogens with zero attached hydrogens (tertiary/aromatic N) is 3. The van der Waals surface area contributed by atoms with Crippen LogP contribution >= 0.6 is 23.2 Å². The van der Waals surface area contributed by atoms with Crippen molar-refractivity contribution < 1.29 is 0 Å². The highest BCUT2D eigenvalue weighted by atomic mass is 35.5. The Labute approximate surface area is 97.1 Å². The lowest BCUT2D eigenvalue weighted by Gasteiger charge is -2.02. The zero-order chi connectivity index (χ0) is 10.7. The molecule has 5 heteroatoms. The zero-order valence-corrected chi connectivity index (χ0v) is 9.20. The highest BCUT2D eigenvalue weighted by molar-refractivity contribution is 6.31. The molecule has 15 heavy (non-hydrogen) atoms. The molecule has 0 aromatic carbocycles. The van der Waals surface area contributed by atoms with Crippen LogP contribution in [0.2, 0.25) is 10.3 Å². The minimum absolute atomic E-state index is 0.350. The maximum atomic E-state index is 5.90. The van der Waals surface area contributed by atoms with Crippen LogP contribution in [0.3, 0.4) is 0 Å². The standard InChI is InChI=1S/C10H7Cl2N3/c11-9-6-8(10(12)15-14-9)5-7-1-3-13-4-2-7/h1-4,6H,5H2. The molecule has 0 spiro atoms. The van der Waals surface area contributed by atoms with Crippen molar-refractivity contribution >= 4 is 23.2 Å². The van der Waals surface area contributed by atoms with Gasteiger partial charge in [-0.05, 0) is 29.3 Å². The Morgan fingerprint density at radius 1 is 1.07 bits per heavy atom. The highest BCUT2D eigenvalue weighted by Crippen LogP contribution is 2.18. The van der Waals surface area contributed by atoms with Crippen LogP contribution in [0.15, 0.2) is 30.6 Å². The van der Waals surface area contributed by atoms with Crippen LogP contribution in [0, 0.1) is 0 Å². The molecule has 3 nitrogen and oxygen atoms in total. The van der Waals surface area contributed by atoms with E-state index in [0.29, 0.717) is 16.7 Å². The van der Waals surface area contributed by atoms with Gasteiger partial charge in [-0.1, -0.05) is 23.2 Å². The second-order valence-corrected chi connectivity index (χ2v) is 3.76. The van der Waals surface area contributed by atoms with Crippen LogP contribution in [0.25, 0.3) is 0 Å².